The zero-order chi connectivity index (χ0) is 24.6. The molecule has 34 heavy (non-hydrogen) atoms. The Hall–Kier alpha value is -3.50. The van der Waals surface area contributed by atoms with Crippen LogP contribution < -0.4 is 9.64 Å². The van der Waals surface area contributed by atoms with Gasteiger partial charge in [0.05, 0.1) is 30.1 Å². The van der Waals surface area contributed by atoms with Crippen LogP contribution in [0.2, 0.25) is 0 Å². The van der Waals surface area contributed by atoms with Crippen LogP contribution in [0.25, 0.3) is 5.70 Å². The summed E-state index contributed by atoms with van der Waals surface area (Å²) in [4.78, 5) is 9.80. The molecule has 0 N–H and O–H groups in total. The van der Waals surface area contributed by atoms with Crippen molar-refractivity contribution in [2.75, 3.05) is 31.7 Å². The number of nitriles is 1. The second-order valence-corrected chi connectivity index (χ2v) is 9.83. The van der Waals surface area contributed by atoms with E-state index in [4.69, 9.17) is 9.47 Å². The van der Waals surface area contributed by atoms with Gasteiger partial charge < -0.3 is 19.3 Å². The van der Waals surface area contributed by atoms with E-state index in [1.807, 2.05) is 36.9 Å². The summed E-state index contributed by atoms with van der Waals surface area (Å²) in [6, 6.07) is 10.3. The van der Waals surface area contributed by atoms with Crippen molar-refractivity contribution in [3.8, 4) is 11.8 Å². The molecule has 0 saturated carbocycles. The van der Waals surface area contributed by atoms with Gasteiger partial charge in [0.25, 0.3) is 0 Å². The first-order valence-corrected chi connectivity index (χ1v) is 12.0. The predicted octanol–water partition coefficient (Wildman–Crippen LogP) is 5.51. The first kappa shape index (κ1) is 23.7. The number of nitrogens with zero attached hydrogens (tertiary/aromatic N) is 4. The monoisotopic (exact) mass is 474 g/mol. The molecule has 0 aliphatic carbocycles. The van der Waals surface area contributed by atoms with Gasteiger partial charge in [-0.1, -0.05) is 37.9 Å². The molecule has 3 heterocycles. The normalized spacial score (nSPS) is 15.6. The highest BCUT2D eigenvalue weighted by atomic mass is 32.1. The number of aliphatic imine (C=N–C) groups is 1. The van der Waals surface area contributed by atoms with Crippen LogP contribution in [0.3, 0.4) is 0 Å². The molecule has 2 aromatic rings. The van der Waals surface area contributed by atoms with E-state index in [1.165, 1.54) is 0 Å². The van der Waals surface area contributed by atoms with E-state index in [0.29, 0.717) is 31.2 Å². The van der Waals surface area contributed by atoms with Crippen molar-refractivity contribution in [1.29, 1.82) is 5.26 Å². The minimum Gasteiger partial charge on any atom is -0.496 e. The van der Waals surface area contributed by atoms with Gasteiger partial charge in [-0.15, -0.1) is 11.3 Å². The molecule has 2 aliphatic rings. The van der Waals surface area contributed by atoms with Crippen LogP contribution in [0.5, 0.6) is 5.75 Å². The minimum absolute atomic E-state index is 0.444. The predicted molar refractivity (Wildman–Crippen MR) is 139 cm³/mol. The molecular formula is C27H30N4O2S. The van der Waals surface area contributed by atoms with Gasteiger partial charge in [0.1, 0.15) is 23.2 Å². The Bertz CT molecular complexity index is 1250. The van der Waals surface area contributed by atoms with Crippen molar-refractivity contribution in [2.24, 2.45) is 4.99 Å². The van der Waals surface area contributed by atoms with Crippen LogP contribution >= 0.6 is 11.3 Å². The zero-order valence-electron chi connectivity index (χ0n) is 20.3. The number of rotatable bonds is 7. The van der Waals surface area contributed by atoms with Gasteiger partial charge in [-0.3, -0.25) is 0 Å². The summed E-state index contributed by atoms with van der Waals surface area (Å²) in [6.07, 6.45) is 0.756. The van der Waals surface area contributed by atoms with Crippen molar-refractivity contribution in [2.45, 2.75) is 32.7 Å². The van der Waals surface area contributed by atoms with Crippen LogP contribution in [0.15, 0.2) is 60.4 Å². The lowest BCUT2D eigenvalue weighted by Crippen LogP contribution is -2.50. The lowest BCUT2D eigenvalue weighted by molar-refractivity contribution is 0.291. The van der Waals surface area contributed by atoms with E-state index < -0.39 is 5.54 Å². The molecule has 7 heteroatoms. The second-order valence-electron chi connectivity index (χ2n) is 8.83. The molecule has 2 aliphatic heterocycles. The highest BCUT2D eigenvalue weighted by molar-refractivity contribution is 7.18. The van der Waals surface area contributed by atoms with Crippen molar-refractivity contribution < 1.29 is 9.47 Å². The van der Waals surface area contributed by atoms with Crippen molar-refractivity contribution in [1.82, 2.24) is 4.90 Å². The fourth-order valence-electron chi connectivity index (χ4n) is 4.51. The van der Waals surface area contributed by atoms with Crippen molar-refractivity contribution >= 4 is 27.9 Å². The largest absolute Gasteiger partial charge is 0.496 e. The maximum atomic E-state index is 9.65. The molecular weight excluding hydrogens is 444 g/mol. The Morgan fingerprint density at radius 3 is 2.71 bits per heavy atom. The van der Waals surface area contributed by atoms with Gasteiger partial charge in [-0.2, -0.15) is 5.26 Å². The van der Waals surface area contributed by atoms with Gasteiger partial charge in [-0.25, -0.2) is 4.99 Å². The van der Waals surface area contributed by atoms with Crippen LogP contribution in [-0.2, 0) is 11.2 Å². The van der Waals surface area contributed by atoms with E-state index in [1.54, 1.807) is 18.4 Å². The van der Waals surface area contributed by atoms with Crippen LogP contribution in [0.1, 0.15) is 35.4 Å². The molecule has 0 amide bonds. The number of benzene rings is 1. The molecule has 0 unspecified atom stereocenters. The molecule has 0 radical (unpaired) electrons. The summed E-state index contributed by atoms with van der Waals surface area (Å²) >= 11 is 1.65. The van der Waals surface area contributed by atoms with E-state index in [0.717, 1.165) is 50.3 Å². The number of fused-ring (bicyclic) bond motifs is 1. The van der Waals surface area contributed by atoms with Crippen LogP contribution in [0, 0.1) is 18.3 Å². The first-order chi connectivity index (χ1) is 16.2. The Morgan fingerprint density at radius 2 is 2.06 bits per heavy atom. The molecule has 6 nitrogen and oxygen atoms in total. The first-order valence-electron chi connectivity index (χ1n) is 11.2. The molecule has 4 rings (SSSR count). The van der Waals surface area contributed by atoms with Crippen molar-refractivity contribution in [3.63, 3.8) is 0 Å². The summed E-state index contributed by atoms with van der Waals surface area (Å²) in [7, 11) is 1.69. The van der Waals surface area contributed by atoms with E-state index in [2.05, 4.69) is 48.7 Å². The standard InChI is InChI=1S/C27H30N4O2S/c1-17(16-28)27(5,6)31-19(3)23-18(2)24(25-29-13-15-33-25)34-26(23)30(20(31)4)14-12-21-10-8-9-11-22(21)32-7/h8-11H,1,3-4,12-15H2,2,5-7H3. The third-order valence-electron chi connectivity index (χ3n) is 6.51. The van der Waals surface area contributed by atoms with E-state index in [9.17, 15) is 5.26 Å². The summed E-state index contributed by atoms with van der Waals surface area (Å²) in [6.45, 7) is 20.9. The molecule has 1 aromatic heterocycles. The number of hydrogen-bond acceptors (Lipinski definition) is 7. The van der Waals surface area contributed by atoms with Gasteiger partial charge in [0.15, 0.2) is 0 Å². The highest BCUT2D eigenvalue weighted by Gasteiger charge is 2.42. The van der Waals surface area contributed by atoms with Gasteiger partial charge >= 0.3 is 0 Å². The van der Waals surface area contributed by atoms with Crippen LogP contribution in [0.4, 0.5) is 5.00 Å². The molecule has 0 atom stereocenters. The Labute approximate surface area is 205 Å². The number of para-hydroxylation sites is 1. The maximum absolute atomic E-state index is 9.65. The molecule has 1 aromatic carbocycles. The second kappa shape index (κ2) is 9.03. The molecule has 0 saturated heterocycles. The minimum atomic E-state index is -0.695. The van der Waals surface area contributed by atoms with Gasteiger partial charge in [0, 0.05) is 23.4 Å². The summed E-state index contributed by atoms with van der Waals surface area (Å²) in [5.74, 6) is 2.31. The maximum Gasteiger partial charge on any atom is 0.227 e. The number of anilines is 1. The summed E-state index contributed by atoms with van der Waals surface area (Å²) < 4.78 is 11.4. The zero-order valence-corrected chi connectivity index (χ0v) is 21.1. The lowest BCUT2D eigenvalue weighted by atomic mass is 9.90. The molecule has 0 bridgehead atoms. The van der Waals surface area contributed by atoms with Gasteiger partial charge in [-0.05, 0) is 44.4 Å². The highest BCUT2D eigenvalue weighted by Crippen LogP contribution is 2.50. The third-order valence-corrected chi connectivity index (χ3v) is 7.81. The number of thiophene rings is 1. The Kier molecular flexibility index (Phi) is 6.28. The van der Waals surface area contributed by atoms with E-state index in [-0.39, 0.29) is 0 Å². The number of ether oxygens (including phenoxy) is 2. The third kappa shape index (κ3) is 3.78. The van der Waals surface area contributed by atoms with Gasteiger partial charge in [0.2, 0.25) is 5.90 Å². The molecule has 0 spiro atoms. The molecule has 176 valence electrons. The van der Waals surface area contributed by atoms with E-state index >= 15 is 0 Å². The fourth-order valence-corrected chi connectivity index (χ4v) is 5.85. The smallest absolute Gasteiger partial charge is 0.227 e. The topological polar surface area (TPSA) is 61.1 Å². The average Bonchev–Trinajstić information content (AvgIpc) is 3.46. The fraction of sp³-hybridized carbons (Fsp3) is 0.333. The number of hydrogen-bond donors (Lipinski definition) is 0. The SMILES string of the molecule is C=C1c2c(sc(C3=NCCO3)c2C)N(CCc2ccccc2OC)C(=C)N1C(C)(C)C(=C)C#N. The summed E-state index contributed by atoms with van der Waals surface area (Å²) in [5.41, 5.74) is 3.77. The number of methoxy groups -OCH3 is 1. The lowest BCUT2D eigenvalue weighted by Gasteiger charge is -2.48. The quantitative estimate of drug-likeness (QED) is 0.496. The van der Waals surface area contributed by atoms with Crippen LogP contribution in [-0.4, -0.2) is 43.1 Å². The Balaban J connectivity index is 1.81. The average molecular weight is 475 g/mol. The van der Waals surface area contributed by atoms with Crippen molar-refractivity contribution in [3.05, 3.63) is 77.0 Å². The Morgan fingerprint density at radius 1 is 1.32 bits per heavy atom. The summed E-state index contributed by atoms with van der Waals surface area (Å²) in [5, 5.41) is 10.7. The molecule has 0 fully saturated rings.